The van der Waals surface area contributed by atoms with E-state index in [0.717, 1.165) is 36.7 Å². The Kier molecular flexibility index (Phi) is 4.50. The Labute approximate surface area is 108 Å². The predicted octanol–water partition coefficient (Wildman–Crippen LogP) is 1.99. The lowest BCUT2D eigenvalue weighted by Gasteiger charge is -2.13. The van der Waals surface area contributed by atoms with Crippen molar-refractivity contribution in [2.24, 2.45) is 0 Å². The molecule has 0 saturated heterocycles. The smallest absolute Gasteiger partial charge is 0.167 e. The van der Waals surface area contributed by atoms with Crippen LogP contribution in [0.25, 0.3) is 11.3 Å². The zero-order valence-corrected chi connectivity index (χ0v) is 10.9. The van der Waals surface area contributed by atoms with E-state index in [1.807, 2.05) is 43.4 Å². The van der Waals surface area contributed by atoms with Gasteiger partial charge in [0.25, 0.3) is 0 Å². The summed E-state index contributed by atoms with van der Waals surface area (Å²) in [5, 5.41) is 7.23. The van der Waals surface area contributed by atoms with Gasteiger partial charge in [-0.25, -0.2) is 0 Å². The normalized spacial score (nSPS) is 11.1. The fraction of sp³-hybridized carbons (Fsp3) is 0.357. The predicted molar refractivity (Wildman–Crippen MR) is 72.2 cm³/mol. The Morgan fingerprint density at radius 3 is 2.78 bits per heavy atom. The van der Waals surface area contributed by atoms with Crippen LogP contribution in [0.2, 0.25) is 0 Å². The third-order valence-corrected chi connectivity index (χ3v) is 2.79. The fourth-order valence-electron chi connectivity index (χ4n) is 1.78. The fourth-order valence-corrected chi connectivity index (χ4v) is 1.78. The van der Waals surface area contributed by atoms with Gasteiger partial charge >= 0.3 is 0 Å². The maximum Gasteiger partial charge on any atom is 0.167 e. The molecule has 4 heteroatoms. The summed E-state index contributed by atoms with van der Waals surface area (Å²) in [4.78, 5) is 2.21. The summed E-state index contributed by atoms with van der Waals surface area (Å²) in [6.07, 6.45) is 0. The van der Waals surface area contributed by atoms with Gasteiger partial charge in [-0.3, -0.25) is 4.90 Å². The standard InChI is InChI=1S/C14H19N3O/c1-15-8-9-17(2)11-13-10-14(18-16-13)12-6-4-3-5-7-12/h3-7,10,15H,8-9,11H2,1-2H3. The van der Waals surface area contributed by atoms with Gasteiger partial charge in [0.1, 0.15) is 0 Å². The minimum absolute atomic E-state index is 0.804. The van der Waals surface area contributed by atoms with E-state index in [9.17, 15) is 0 Å². The minimum Gasteiger partial charge on any atom is -0.356 e. The highest BCUT2D eigenvalue weighted by Gasteiger charge is 2.08. The van der Waals surface area contributed by atoms with Crippen LogP contribution in [-0.4, -0.2) is 37.2 Å². The number of aromatic nitrogens is 1. The Morgan fingerprint density at radius 2 is 2.06 bits per heavy atom. The highest BCUT2D eigenvalue weighted by molar-refractivity contribution is 5.56. The molecular formula is C14H19N3O. The zero-order chi connectivity index (χ0) is 12.8. The van der Waals surface area contributed by atoms with Gasteiger partial charge in [0.2, 0.25) is 0 Å². The second-order valence-electron chi connectivity index (χ2n) is 4.39. The summed E-state index contributed by atoms with van der Waals surface area (Å²) in [5.74, 6) is 0.826. The molecule has 0 unspecified atom stereocenters. The highest BCUT2D eigenvalue weighted by atomic mass is 16.5. The summed E-state index contributed by atoms with van der Waals surface area (Å²) in [5.41, 5.74) is 2.03. The van der Waals surface area contributed by atoms with Crippen LogP contribution in [0.5, 0.6) is 0 Å². The molecule has 1 N–H and O–H groups in total. The van der Waals surface area contributed by atoms with Gasteiger partial charge < -0.3 is 9.84 Å². The largest absolute Gasteiger partial charge is 0.356 e. The van der Waals surface area contributed by atoms with E-state index < -0.39 is 0 Å². The maximum atomic E-state index is 5.36. The monoisotopic (exact) mass is 245 g/mol. The second kappa shape index (κ2) is 6.33. The van der Waals surface area contributed by atoms with Gasteiger partial charge in [0, 0.05) is 31.3 Å². The lowest BCUT2D eigenvalue weighted by molar-refractivity contribution is 0.313. The Hall–Kier alpha value is -1.65. The Bertz CT molecular complexity index is 467. The minimum atomic E-state index is 0.804. The molecule has 0 aliphatic heterocycles. The highest BCUT2D eigenvalue weighted by Crippen LogP contribution is 2.20. The number of nitrogens with one attached hydrogen (secondary N) is 1. The van der Waals surface area contributed by atoms with E-state index in [2.05, 4.69) is 22.4 Å². The molecule has 0 fully saturated rings. The van der Waals surface area contributed by atoms with Gasteiger partial charge in [0.15, 0.2) is 5.76 Å². The van der Waals surface area contributed by atoms with Gasteiger partial charge in [-0.2, -0.15) is 0 Å². The lowest BCUT2D eigenvalue weighted by atomic mass is 10.1. The molecule has 0 aliphatic carbocycles. The van der Waals surface area contributed by atoms with Crippen LogP contribution in [0.3, 0.4) is 0 Å². The van der Waals surface area contributed by atoms with Gasteiger partial charge in [-0.05, 0) is 14.1 Å². The number of hydrogen-bond acceptors (Lipinski definition) is 4. The molecule has 18 heavy (non-hydrogen) atoms. The Balaban J connectivity index is 1.98. The molecule has 96 valence electrons. The van der Waals surface area contributed by atoms with Crippen molar-refractivity contribution in [2.75, 3.05) is 27.2 Å². The van der Waals surface area contributed by atoms with E-state index >= 15 is 0 Å². The molecule has 1 heterocycles. The lowest BCUT2D eigenvalue weighted by Crippen LogP contribution is -2.27. The maximum absolute atomic E-state index is 5.36. The first-order valence-corrected chi connectivity index (χ1v) is 6.14. The molecule has 0 radical (unpaired) electrons. The number of hydrogen-bond donors (Lipinski definition) is 1. The molecule has 0 aliphatic rings. The van der Waals surface area contributed by atoms with Crippen molar-refractivity contribution in [1.82, 2.24) is 15.4 Å². The average Bonchev–Trinajstić information content (AvgIpc) is 2.86. The van der Waals surface area contributed by atoms with Crippen LogP contribution in [0, 0.1) is 0 Å². The van der Waals surface area contributed by atoms with Crippen molar-refractivity contribution in [3.63, 3.8) is 0 Å². The molecule has 4 nitrogen and oxygen atoms in total. The Morgan fingerprint density at radius 1 is 1.28 bits per heavy atom. The second-order valence-corrected chi connectivity index (χ2v) is 4.39. The zero-order valence-electron chi connectivity index (χ0n) is 10.9. The number of benzene rings is 1. The third-order valence-electron chi connectivity index (χ3n) is 2.79. The van der Waals surface area contributed by atoms with Crippen molar-refractivity contribution in [3.8, 4) is 11.3 Å². The first-order chi connectivity index (χ1) is 8.79. The molecule has 0 amide bonds. The summed E-state index contributed by atoms with van der Waals surface area (Å²) in [7, 11) is 4.03. The van der Waals surface area contributed by atoms with Crippen LogP contribution in [0.15, 0.2) is 40.9 Å². The first kappa shape index (κ1) is 12.8. The van der Waals surface area contributed by atoms with Crippen LogP contribution < -0.4 is 5.32 Å². The van der Waals surface area contributed by atoms with Crippen molar-refractivity contribution >= 4 is 0 Å². The van der Waals surface area contributed by atoms with Crippen LogP contribution in [-0.2, 0) is 6.54 Å². The van der Waals surface area contributed by atoms with E-state index in [1.54, 1.807) is 0 Å². The average molecular weight is 245 g/mol. The third kappa shape index (κ3) is 3.42. The topological polar surface area (TPSA) is 41.3 Å². The molecule has 2 aromatic rings. The van der Waals surface area contributed by atoms with Crippen molar-refractivity contribution in [3.05, 3.63) is 42.1 Å². The van der Waals surface area contributed by atoms with E-state index in [1.165, 1.54) is 0 Å². The van der Waals surface area contributed by atoms with E-state index in [-0.39, 0.29) is 0 Å². The first-order valence-electron chi connectivity index (χ1n) is 6.14. The van der Waals surface area contributed by atoms with E-state index in [4.69, 9.17) is 4.52 Å². The van der Waals surface area contributed by atoms with Gasteiger partial charge in [0.05, 0.1) is 5.69 Å². The molecule has 2 rings (SSSR count). The SMILES string of the molecule is CNCCN(C)Cc1cc(-c2ccccc2)on1. The molecule has 0 spiro atoms. The molecule has 0 atom stereocenters. The number of likely N-dealkylation sites (N-methyl/N-ethyl adjacent to an activating group) is 2. The van der Waals surface area contributed by atoms with Crippen LogP contribution in [0.4, 0.5) is 0 Å². The quantitative estimate of drug-likeness (QED) is 0.845. The summed E-state index contributed by atoms with van der Waals surface area (Å²) in [6, 6.07) is 12.0. The molecule has 1 aromatic heterocycles. The summed E-state index contributed by atoms with van der Waals surface area (Å²) in [6.45, 7) is 2.77. The van der Waals surface area contributed by atoms with Crippen LogP contribution >= 0.6 is 0 Å². The summed E-state index contributed by atoms with van der Waals surface area (Å²) < 4.78 is 5.36. The van der Waals surface area contributed by atoms with E-state index in [0.29, 0.717) is 0 Å². The molecule has 1 aromatic carbocycles. The van der Waals surface area contributed by atoms with Crippen molar-refractivity contribution < 1.29 is 4.52 Å². The van der Waals surface area contributed by atoms with Gasteiger partial charge in [-0.15, -0.1) is 0 Å². The molecular weight excluding hydrogens is 226 g/mol. The number of rotatable bonds is 6. The molecule has 0 bridgehead atoms. The van der Waals surface area contributed by atoms with Gasteiger partial charge in [-0.1, -0.05) is 35.5 Å². The number of nitrogens with zero attached hydrogens (tertiary/aromatic N) is 2. The summed E-state index contributed by atoms with van der Waals surface area (Å²) >= 11 is 0. The van der Waals surface area contributed by atoms with Crippen molar-refractivity contribution in [2.45, 2.75) is 6.54 Å². The molecule has 0 saturated carbocycles. The van der Waals surface area contributed by atoms with Crippen LogP contribution in [0.1, 0.15) is 5.69 Å². The van der Waals surface area contributed by atoms with Crippen molar-refractivity contribution in [1.29, 1.82) is 0 Å².